The summed E-state index contributed by atoms with van der Waals surface area (Å²) < 4.78 is 1.07. The molecule has 0 amide bonds. The van der Waals surface area contributed by atoms with Crippen molar-refractivity contribution in [3.05, 3.63) is 28.2 Å². The molecule has 0 spiro atoms. The molecule has 0 aliphatic rings. The Morgan fingerprint density at radius 3 is 2.87 bits per heavy atom. The lowest BCUT2D eigenvalue weighted by atomic mass is 10.2. The first-order valence-electron chi connectivity index (χ1n) is 5.09. The van der Waals surface area contributed by atoms with Gasteiger partial charge in [-0.1, -0.05) is 22.0 Å². The summed E-state index contributed by atoms with van der Waals surface area (Å²) in [6.07, 6.45) is 1.54. The first-order valence-corrected chi connectivity index (χ1v) is 5.88. The second-order valence-electron chi connectivity index (χ2n) is 3.69. The van der Waals surface area contributed by atoms with E-state index >= 15 is 0 Å². The standard InChI is InChI=1S/C12H16BrNO/c1-9-5-6-11(13)8-12(9)14-7-3-4-10(2)15/h5-6,8,14H,3-4,7H2,1-2H3. The Morgan fingerprint density at radius 1 is 1.47 bits per heavy atom. The van der Waals surface area contributed by atoms with Crippen LogP contribution in [0.15, 0.2) is 22.7 Å². The summed E-state index contributed by atoms with van der Waals surface area (Å²) in [7, 11) is 0. The smallest absolute Gasteiger partial charge is 0.129 e. The summed E-state index contributed by atoms with van der Waals surface area (Å²) in [5.74, 6) is 0.253. The topological polar surface area (TPSA) is 29.1 Å². The van der Waals surface area contributed by atoms with Crippen LogP contribution in [0.4, 0.5) is 5.69 Å². The molecule has 0 aromatic heterocycles. The van der Waals surface area contributed by atoms with E-state index in [1.165, 1.54) is 5.56 Å². The number of carbonyl (C=O) groups excluding carboxylic acids is 1. The van der Waals surface area contributed by atoms with Crippen molar-refractivity contribution in [2.45, 2.75) is 26.7 Å². The molecule has 0 saturated carbocycles. The highest BCUT2D eigenvalue weighted by atomic mass is 79.9. The minimum absolute atomic E-state index is 0.253. The number of ketones is 1. The van der Waals surface area contributed by atoms with Crippen LogP contribution in [0.1, 0.15) is 25.3 Å². The number of aryl methyl sites for hydroxylation is 1. The van der Waals surface area contributed by atoms with Crippen LogP contribution >= 0.6 is 15.9 Å². The predicted molar refractivity (Wildman–Crippen MR) is 67.3 cm³/mol. The van der Waals surface area contributed by atoms with Crippen molar-refractivity contribution in [3.8, 4) is 0 Å². The van der Waals surface area contributed by atoms with Gasteiger partial charge in [0.2, 0.25) is 0 Å². The zero-order chi connectivity index (χ0) is 11.3. The van der Waals surface area contributed by atoms with Crippen molar-refractivity contribution in [1.29, 1.82) is 0 Å². The number of hydrogen-bond donors (Lipinski definition) is 1. The van der Waals surface area contributed by atoms with Gasteiger partial charge >= 0.3 is 0 Å². The Kier molecular flexibility index (Phi) is 4.82. The highest BCUT2D eigenvalue weighted by Crippen LogP contribution is 2.20. The van der Waals surface area contributed by atoms with Crippen LogP contribution < -0.4 is 5.32 Å². The first kappa shape index (κ1) is 12.2. The van der Waals surface area contributed by atoms with Gasteiger partial charge in [-0.3, -0.25) is 0 Å². The first-order chi connectivity index (χ1) is 7.09. The van der Waals surface area contributed by atoms with Crippen molar-refractivity contribution in [1.82, 2.24) is 0 Å². The average molecular weight is 270 g/mol. The number of anilines is 1. The van der Waals surface area contributed by atoms with Gasteiger partial charge in [0.15, 0.2) is 0 Å². The molecule has 1 aromatic rings. The molecule has 1 rings (SSSR count). The molecule has 1 N–H and O–H groups in total. The van der Waals surface area contributed by atoms with Gasteiger partial charge in [0.05, 0.1) is 0 Å². The van der Waals surface area contributed by atoms with Crippen molar-refractivity contribution >= 4 is 27.4 Å². The van der Waals surface area contributed by atoms with E-state index in [0.29, 0.717) is 6.42 Å². The van der Waals surface area contributed by atoms with E-state index in [0.717, 1.165) is 23.1 Å². The minimum Gasteiger partial charge on any atom is -0.385 e. The Bertz CT molecular complexity index is 349. The number of carbonyl (C=O) groups is 1. The van der Waals surface area contributed by atoms with Gasteiger partial charge in [-0.25, -0.2) is 0 Å². The quantitative estimate of drug-likeness (QED) is 0.829. The van der Waals surface area contributed by atoms with Gasteiger partial charge < -0.3 is 10.1 Å². The summed E-state index contributed by atoms with van der Waals surface area (Å²) in [4.78, 5) is 10.7. The van der Waals surface area contributed by atoms with Gasteiger partial charge in [-0.15, -0.1) is 0 Å². The van der Waals surface area contributed by atoms with Crippen molar-refractivity contribution in [2.24, 2.45) is 0 Å². The molecule has 15 heavy (non-hydrogen) atoms. The van der Waals surface area contributed by atoms with E-state index in [-0.39, 0.29) is 5.78 Å². The lowest BCUT2D eigenvalue weighted by molar-refractivity contribution is -0.117. The molecule has 0 fully saturated rings. The summed E-state index contributed by atoms with van der Waals surface area (Å²) in [6, 6.07) is 6.15. The Labute approximate surface area is 99.2 Å². The van der Waals surface area contributed by atoms with Crippen LogP contribution in [0, 0.1) is 6.92 Å². The molecule has 1 aromatic carbocycles. The molecule has 0 aliphatic carbocycles. The maximum Gasteiger partial charge on any atom is 0.129 e. The number of rotatable bonds is 5. The van der Waals surface area contributed by atoms with E-state index in [4.69, 9.17) is 0 Å². The van der Waals surface area contributed by atoms with Crippen LogP contribution in [0.25, 0.3) is 0 Å². The summed E-state index contributed by atoms with van der Waals surface area (Å²) in [6.45, 7) is 4.54. The number of Topliss-reactive ketones (excluding diaryl/α,β-unsaturated/α-hetero) is 1. The second kappa shape index (κ2) is 5.91. The third kappa shape index (κ3) is 4.47. The summed E-state index contributed by atoms with van der Waals surface area (Å²) >= 11 is 3.43. The van der Waals surface area contributed by atoms with Gasteiger partial charge in [0.1, 0.15) is 5.78 Å². The molecule has 0 atom stereocenters. The Hall–Kier alpha value is -0.830. The van der Waals surface area contributed by atoms with Crippen LogP contribution in [0.3, 0.4) is 0 Å². The van der Waals surface area contributed by atoms with E-state index in [1.807, 2.05) is 6.07 Å². The van der Waals surface area contributed by atoms with Crippen molar-refractivity contribution < 1.29 is 4.79 Å². The zero-order valence-electron chi connectivity index (χ0n) is 9.14. The third-order valence-electron chi connectivity index (χ3n) is 2.22. The maximum absolute atomic E-state index is 10.7. The van der Waals surface area contributed by atoms with Crippen molar-refractivity contribution in [3.63, 3.8) is 0 Å². The van der Waals surface area contributed by atoms with E-state index < -0.39 is 0 Å². The zero-order valence-corrected chi connectivity index (χ0v) is 10.7. The van der Waals surface area contributed by atoms with Crippen LogP contribution in [0.2, 0.25) is 0 Å². The van der Waals surface area contributed by atoms with E-state index in [2.05, 4.69) is 40.3 Å². The summed E-state index contributed by atoms with van der Waals surface area (Å²) in [5.41, 5.74) is 2.36. The van der Waals surface area contributed by atoms with Gasteiger partial charge in [-0.2, -0.15) is 0 Å². The van der Waals surface area contributed by atoms with E-state index in [9.17, 15) is 4.79 Å². The lowest BCUT2D eigenvalue weighted by Gasteiger charge is -2.09. The maximum atomic E-state index is 10.7. The second-order valence-corrected chi connectivity index (χ2v) is 4.61. The fourth-order valence-corrected chi connectivity index (χ4v) is 1.71. The SMILES string of the molecule is CC(=O)CCCNc1cc(Br)ccc1C. The number of halogens is 1. The van der Waals surface area contributed by atoms with E-state index in [1.54, 1.807) is 6.92 Å². The number of benzene rings is 1. The molecule has 82 valence electrons. The number of nitrogens with one attached hydrogen (secondary N) is 1. The molecule has 2 nitrogen and oxygen atoms in total. The fourth-order valence-electron chi connectivity index (χ4n) is 1.35. The van der Waals surface area contributed by atoms with Crippen LogP contribution in [0.5, 0.6) is 0 Å². The Balaban J connectivity index is 2.43. The van der Waals surface area contributed by atoms with Crippen LogP contribution in [-0.2, 0) is 4.79 Å². The minimum atomic E-state index is 0.253. The molecular weight excluding hydrogens is 254 g/mol. The summed E-state index contributed by atoms with van der Waals surface area (Å²) in [5, 5.41) is 3.33. The molecule has 0 unspecified atom stereocenters. The fraction of sp³-hybridized carbons (Fsp3) is 0.417. The van der Waals surface area contributed by atoms with Gasteiger partial charge in [-0.05, 0) is 38.0 Å². The Morgan fingerprint density at radius 2 is 2.20 bits per heavy atom. The molecule has 0 radical (unpaired) electrons. The van der Waals surface area contributed by atoms with Crippen molar-refractivity contribution in [2.75, 3.05) is 11.9 Å². The van der Waals surface area contributed by atoms with Crippen LogP contribution in [-0.4, -0.2) is 12.3 Å². The molecule has 3 heteroatoms. The molecule has 0 aliphatic heterocycles. The highest BCUT2D eigenvalue weighted by Gasteiger charge is 1.98. The van der Waals surface area contributed by atoms with Gasteiger partial charge in [0, 0.05) is 23.1 Å². The molecular formula is C12H16BrNO. The number of hydrogen-bond acceptors (Lipinski definition) is 2. The average Bonchev–Trinajstić information content (AvgIpc) is 2.17. The predicted octanol–water partition coefficient (Wildman–Crippen LogP) is 3.54. The third-order valence-corrected chi connectivity index (χ3v) is 2.71. The normalized spacial score (nSPS) is 10.1. The monoisotopic (exact) mass is 269 g/mol. The molecule has 0 bridgehead atoms. The molecule has 0 heterocycles. The largest absolute Gasteiger partial charge is 0.385 e. The molecule has 0 saturated heterocycles. The lowest BCUT2D eigenvalue weighted by Crippen LogP contribution is -2.04. The highest BCUT2D eigenvalue weighted by molar-refractivity contribution is 9.10. The van der Waals surface area contributed by atoms with Gasteiger partial charge in [0.25, 0.3) is 0 Å².